The second-order valence-corrected chi connectivity index (χ2v) is 5.93. The quantitative estimate of drug-likeness (QED) is 0.893. The summed E-state index contributed by atoms with van der Waals surface area (Å²) in [5.41, 5.74) is 7.23. The zero-order valence-corrected chi connectivity index (χ0v) is 11.5. The largest absolute Gasteiger partial charge is 0.361 e. The average Bonchev–Trinajstić information content (AvgIpc) is 2.69. The highest BCUT2D eigenvalue weighted by Gasteiger charge is 2.27. The molecular weight excluding hydrogens is 243 g/mol. The number of ketones is 1. The Hall–Kier alpha value is -1.68. The van der Waals surface area contributed by atoms with Crippen molar-refractivity contribution in [3.8, 4) is 0 Å². The molecule has 19 heavy (non-hydrogen) atoms. The summed E-state index contributed by atoms with van der Waals surface area (Å²) in [5, 5.41) is 0.789. The molecule has 2 aromatic rings. The van der Waals surface area contributed by atoms with Gasteiger partial charge < -0.3 is 10.7 Å². The van der Waals surface area contributed by atoms with Crippen molar-refractivity contribution in [2.45, 2.75) is 33.2 Å². The zero-order valence-electron chi connectivity index (χ0n) is 11.5. The Morgan fingerprint density at radius 2 is 2.11 bits per heavy atom. The van der Waals surface area contributed by atoms with Gasteiger partial charge in [0, 0.05) is 22.5 Å². The third-order valence-corrected chi connectivity index (χ3v) is 3.25. The summed E-state index contributed by atoms with van der Waals surface area (Å²) in [6, 6.07) is 3.99. The smallest absolute Gasteiger partial charge is 0.155 e. The van der Waals surface area contributed by atoms with Crippen LogP contribution in [-0.2, 0) is 11.2 Å². The molecule has 2 rings (SSSR count). The molecule has 1 aromatic carbocycles. The molecule has 4 heteroatoms. The number of nitrogens with two attached hydrogens (primary N) is 1. The van der Waals surface area contributed by atoms with Crippen LogP contribution in [-0.4, -0.2) is 16.8 Å². The third-order valence-electron chi connectivity index (χ3n) is 3.25. The Labute approximate surface area is 112 Å². The van der Waals surface area contributed by atoms with Crippen LogP contribution in [0.3, 0.4) is 0 Å². The fraction of sp³-hybridized carbons (Fsp3) is 0.400. The van der Waals surface area contributed by atoms with E-state index in [1.807, 2.05) is 20.8 Å². The summed E-state index contributed by atoms with van der Waals surface area (Å²) < 4.78 is 13.3. The number of hydrogen-bond donors (Lipinski definition) is 2. The van der Waals surface area contributed by atoms with Gasteiger partial charge in [-0.25, -0.2) is 4.39 Å². The first-order chi connectivity index (χ1) is 8.79. The SMILES string of the molecule is CC(C)(C)C(=O)C(N)Cc1c[nH]c2ccc(F)cc12. The minimum atomic E-state index is -0.567. The van der Waals surface area contributed by atoms with Crippen LogP contribution < -0.4 is 5.73 Å². The molecule has 1 heterocycles. The van der Waals surface area contributed by atoms with Gasteiger partial charge in [-0.3, -0.25) is 4.79 Å². The van der Waals surface area contributed by atoms with E-state index in [9.17, 15) is 9.18 Å². The number of nitrogens with one attached hydrogen (secondary N) is 1. The van der Waals surface area contributed by atoms with Crippen LogP contribution in [0.25, 0.3) is 10.9 Å². The third kappa shape index (κ3) is 2.84. The summed E-state index contributed by atoms with van der Waals surface area (Å²) in [4.78, 5) is 15.1. The van der Waals surface area contributed by atoms with Gasteiger partial charge in [0.05, 0.1) is 6.04 Å². The molecule has 1 atom stereocenters. The number of halogens is 1. The monoisotopic (exact) mass is 262 g/mol. The van der Waals surface area contributed by atoms with Crippen molar-refractivity contribution in [1.82, 2.24) is 4.98 Å². The topological polar surface area (TPSA) is 58.9 Å². The summed E-state index contributed by atoms with van der Waals surface area (Å²) in [5.74, 6) is -0.276. The van der Waals surface area contributed by atoms with Gasteiger partial charge in [0.1, 0.15) is 5.82 Å². The molecular formula is C15H19FN2O. The van der Waals surface area contributed by atoms with Gasteiger partial charge >= 0.3 is 0 Å². The molecule has 0 saturated carbocycles. The summed E-state index contributed by atoms with van der Waals surface area (Å²) in [6.45, 7) is 5.55. The lowest BCUT2D eigenvalue weighted by Crippen LogP contribution is -2.40. The first kappa shape index (κ1) is 13.7. The van der Waals surface area contributed by atoms with E-state index in [0.717, 1.165) is 16.5 Å². The average molecular weight is 262 g/mol. The highest BCUT2D eigenvalue weighted by Crippen LogP contribution is 2.23. The summed E-state index contributed by atoms with van der Waals surface area (Å²) >= 11 is 0. The number of Topliss-reactive ketones (excluding diaryl/α,β-unsaturated/α-hetero) is 1. The Bertz CT molecular complexity index is 610. The van der Waals surface area contributed by atoms with Gasteiger partial charge in [-0.2, -0.15) is 0 Å². The number of rotatable bonds is 3. The lowest BCUT2D eigenvalue weighted by molar-refractivity contribution is -0.127. The van der Waals surface area contributed by atoms with Crippen molar-refractivity contribution in [3.63, 3.8) is 0 Å². The van der Waals surface area contributed by atoms with Crippen LogP contribution in [0.5, 0.6) is 0 Å². The molecule has 0 spiro atoms. The van der Waals surface area contributed by atoms with Crippen molar-refractivity contribution in [2.24, 2.45) is 11.1 Å². The number of hydrogen-bond acceptors (Lipinski definition) is 2. The van der Waals surface area contributed by atoms with E-state index in [1.165, 1.54) is 12.1 Å². The molecule has 1 unspecified atom stereocenters. The molecule has 102 valence electrons. The Balaban J connectivity index is 2.27. The van der Waals surface area contributed by atoms with Crippen LogP contribution in [0.15, 0.2) is 24.4 Å². The second-order valence-electron chi connectivity index (χ2n) is 5.93. The van der Waals surface area contributed by atoms with Crippen molar-refractivity contribution >= 4 is 16.7 Å². The van der Waals surface area contributed by atoms with Crippen LogP contribution in [0.4, 0.5) is 4.39 Å². The molecule has 0 amide bonds. The first-order valence-corrected chi connectivity index (χ1v) is 6.34. The van der Waals surface area contributed by atoms with E-state index < -0.39 is 11.5 Å². The van der Waals surface area contributed by atoms with E-state index >= 15 is 0 Å². The number of carbonyl (C=O) groups is 1. The van der Waals surface area contributed by atoms with Crippen LogP contribution in [0.2, 0.25) is 0 Å². The maximum Gasteiger partial charge on any atom is 0.155 e. The fourth-order valence-electron chi connectivity index (χ4n) is 2.21. The first-order valence-electron chi connectivity index (χ1n) is 6.34. The minimum Gasteiger partial charge on any atom is -0.361 e. The molecule has 0 bridgehead atoms. The van der Waals surface area contributed by atoms with Gasteiger partial charge in [-0.1, -0.05) is 20.8 Å². The number of fused-ring (bicyclic) bond motifs is 1. The normalized spacial score (nSPS) is 13.7. The van der Waals surface area contributed by atoms with Gasteiger partial charge in [0.25, 0.3) is 0 Å². The summed E-state index contributed by atoms with van der Waals surface area (Å²) in [7, 11) is 0. The maximum atomic E-state index is 13.3. The van der Waals surface area contributed by atoms with Crippen LogP contribution in [0, 0.1) is 11.2 Å². The highest BCUT2D eigenvalue weighted by molar-refractivity contribution is 5.90. The molecule has 0 aliphatic rings. The van der Waals surface area contributed by atoms with Gasteiger partial charge in [-0.05, 0) is 30.2 Å². The number of H-pyrrole nitrogens is 1. The number of carbonyl (C=O) groups excluding carboxylic acids is 1. The van der Waals surface area contributed by atoms with E-state index in [0.29, 0.717) is 6.42 Å². The van der Waals surface area contributed by atoms with Crippen LogP contribution >= 0.6 is 0 Å². The molecule has 0 aliphatic heterocycles. The van der Waals surface area contributed by atoms with E-state index in [-0.39, 0.29) is 11.6 Å². The molecule has 0 aliphatic carbocycles. The molecule has 3 N–H and O–H groups in total. The van der Waals surface area contributed by atoms with Gasteiger partial charge in [-0.15, -0.1) is 0 Å². The van der Waals surface area contributed by atoms with Crippen molar-refractivity contribution in [2.75, 3.05) is 0 Å². The maximum absolute atomic E-state index is 13.3. The van der Waals surface area contributed by atoms with Crippen molar-refractivity contribution < 1.29 is 9.18 Å². The molecule has 1 aromatic heterocycles. The summed E-state index contributed by atoms with van der Waals surface area (Å²) in [6.07, 6.45) is 2.21. The number of aromatic amines is 1. The van der Waals surface area contributed by atoms with Crippen LogP contribution in [0.1, 0.15) is 26.3 Å². The minimum absolute atomic E-state index is 0.0123. The van der Waals surface area contributed by atoms with E-state index in [4.69, 9.17) is 5.73 Å². The fourth-order valence-corrected chi connectivity index (χ4v) is 2.21. The van der Waals surface area contributed by atoms with E-state index in [2.05, 4.69) is 4.98 Å². The Kier molecular flexibility index (Phi) is 3.45. The number of aromatic nitrogens is 1. The zero-order chi connectivity index (χ0) is 14.2. The number of benzene rings is 1. The standard InChI is InChI=1S/C15H19FN2O/c1-15(2,3)14(19)12(17)6-9-8-18-13-5-4-10(16)7-11(9)13/h4-5,7-8,12,18H,6,17H2,1-3H3. The molecule has 0 fully saturated rings. The predicted octanol–water partition coefficient (Wildman–Crippen LogP) is 2.79. The lowest BCUT2D eigenvalue weighted by Gasteiger charge is -2.21. The molecule has 3 nitrogen and oxygen atoms in total. The van der Waals surface area contributed by atoms with Crippen molar-refractivity contribution in [1.29, 1.82) is 0 Å². The van der Waals surface area contributed by atoms with Gasteiger partial charge in [0.2, 0.25) is 0 Å². The lowest BCUT2D eigenvalue weighted by atomic mass is 9.84. The van der Waals surface area contributed by atoms with E-state index in [1.54, 1.807) is 12.3 Å². The molecule has 0 saturated heterocycles. The Morgan fingerprint density at radius 3 is 2.74 bits per heavy atom. The predicted molar refractivity (Wildman–Crippen MR) is 74.4 cm³/mol. The van der Waals surface area contributed by atoms with Gasteiger partial charge in [0.15, 0.2) is 5.78 Å². The highest BCUT2D eigenvalue weighted by atomic mass is 19.1. The Morgan fingerprint density at radius 1 is 1.42 bits per heavy atom. The van der Waals surface area contributed by atoms with Crippen molar-refractivity contribution in [3.05, 3.63) is 35.8 Å². The molecule has 0 radical (unpaired) electrons. The second kappa shape index (κ2) is 4.78.